The van der Waals surface area contributed by atoms with Crippen molar-refractivity contribution in [2.75, 3.05) is 7.11 Å². The number of methoxy groups -OCH3 is 1. The third-order valence-corrected chi connectivity index (χ3v) is 4.49. The van der Waals surface area contributed by atoms with E-state index in [0.717, 1.165) is 35.3 Å². The van der Waals surface area contributed by atoms with E-state index in [1.54, 1.807) is 19.2 Å². The van der Waals surface area contributed by atoms with Gasteiger partial charge in [-0.15, -0.1) is 0 Å². The van der Waals surface area contributed by atoms with Gasteiger partial charge in [0.25, 0.3) is 0 Å². The molecule has 0 atom stereocenters. The van der Waals surface area contributed by atoms with Gasteiger partial charge in [-0.25, -0.2) is 0 Å². The maximum atomic E-state index is 12.7. The number of hydrogen-bond acceptors (Lipinski definition) is 3. The molecule has 1 aliphatic rings. The molecule has 1 N–H and O–H groups in total. The Bertz CT molecular complexity index is 845. The van der Waals surface area contributed by atoms with E-state index >= 15 is 0 Å². The molecule has 0 saturated heterocycles. The predicted molar refractivity (Wildman–Crippen MR) is 100.0 cm³/mol. The fourth-order valence-electron chi connectivity index (χ4n) is 3.14. The van der Waals surface area contributed by atoms with Crippen LogP contribution in [0.15, 0.2) is 65.4 Å². The van der Waals surface area contributed by atoms with Gasteiger partial charge in [0.05, 0.1) is 7.11 Å². The van der Waals surface area contributed by atoms with Crippen molar-refractivity contribution in [3.05, 3.63) is 82.1 Å². The monoisotopic (exact) mass is 334 g/mol. The number of hydrogen-bond donors (Lipinski definition) is 1. The first-order chi connectivity index (χ1) is 12.1. The number of allylic oxidation sites excluding steroid dienone is 2. The molecule has 0 aromatic heterocycles. The van der Waals surface area contributed by atoms with Gasteiger partial charge in [0, 0.05) is 16.7 Å². The maximum Gasteiger partial charge on any atom is 0.192 e. The topological polar surface area (TPSA) is 46.5 Å². The van der Waals surface area contributed by atoms with E-state index in [1.165, 1.54) is 0 Å². The molecule has 3 nitrogen and oxygen atoms in total. The van der Waals surface area contributed by atoms with Gasteiger partial charge >= 0.3 is 0 Å². The largest absolute Gasteiger partial charge is 0.507 e. The zero-order valence-corrected chi connectivity index (χ0v) is 14.6. The van der Waals surface area contributed by atoms with E-state index in [4.69, 9.17) is 4.74 Å². The molecule has 3 heteroatoms. The minimum absolute atomic E-state index is 0.0976. The number of Topliss-reactive ketones (excluding diaryl/α,β-unsaturated/α-hetero) is 1. The molecule has 0 unspecified atom stereocenters. The first-order valence-electron chi connectivity index (χ1n) is 8.47. The van der Waals surface area contributed by atoms with Crippen molar-refractivity contribution in [2.24, 2.45) is 0 Å². The second kappa shape index (κ2) is 7.39. The fraction of sp³-hybridized carbons (Fsp3) is 0.227. The van der Waals surface area contributed by atoms with Crippen LogP contribution >= 0.6 is 0 Å². The molecule has 2 aromatic carbocycles. The summed E-state index contributed by atoms with van der Waals surface area (Å²) in [5.74, 6) is 0.782. The molecule has 2 aromatic rings. The molecule has 0 bridgehead atoms. The third kappa shape index (κ3) is 3.66. The summed E-state index contributed by atoms with van der Waals surface area (Å²) in [7, 11) is 1.64. The van der Waals surface area contributed by atoms with Gasteiger partial charge in [0.2, 0.25) is 0 Å². The van der Waals surface area contributed by atoms with Crippen LogP contribution in [0, 0.1) is 6.92 Å². The Hall–Kier alpha value is -2.81. The highest BCUT2D eigenvalue weighted by Crippen LogP contribution is 2.33. The molecule has 0 spiro atoms. The number of benzene rings is 2. The average molecular weight is 334 g/mol. The van der Waals surface area contributed by atoms with Gasteiger partial charge in [-0.05, 0) is 49.5 Å². The number of aryl methyl sites for hydroxylation is 1. The van der Waals surface area contributed by atoms with Gasteiger partial charge in [-0.3, -0.25) is 4.79 Å². The summed E-state index contributed by atoms with van der Waals surface area (Å²) in [6.45, 7) is 2.01. The third-order valence-electron chi connectivity index (χ3n) is 4.49. The Balaban J connectivity index is 1.99. The Labute approximate surface area is 148 Å². The summed E-state index contributed by atoms with van der Waals surface area (Å²) in [5, 5.41) is 10.7. The molecular formula is C22H22O3. The number of carbonyl (C=O) groups excluding carboxylic acids is 1. The van der Waals surface area contributed by atoms with Crippen LogP contribution in [0.5, 0.6) is 5.75 Å². The van der Waals surface area contributed by atoms with E-state index in [1.807, 2.05) is 49.4 Å². The second-order valence-corrected chi connectivity index (χ2v) is 6.29. The van der Waals surface area contributed by atoms with Crippen LogP contribution in [0.4, 0.5) is 0 Å². The molecule has 1 aliphatic carbocycles. The van der Waals surface area contributed by atoms with Crippen molar-refractivity contribution in [3.63, 3.8) is 0 Å². The SMILES string of the molecule is COc1cc(C)ccc1/C=C1\CCCC(C(=O)c2ccccc2)=C1O. The van der Waals surface area contributed by atoms with Crippen LogP contribution in [0.25, 0.3) is 6.08 Å². The van der Waals surface area contributed by atoms with Gasteiger partial charge in [0.1, 0.15) is 11.5 Å². The van der Waals surface area contributed by atoms with Gasteiger partial charge < -0.3 is 9.84 Å². The normalized spacial score (nSPS) is 16.2. The molecular weight excluding hydrogens is 312 g/mol. The zero-order chi connectivity index (χ0) is 17.8. The highest BCUT2D eigenvalue weighted by molar-refractivity contribution is 6.09. The number of ether oxygens (including phenoxy) is 1. The Morgan fingerprint density at radius 1 is 1.12 bits per heavy atom. The smallest absolute Gasteiger partial charge is 0.192 e. The highest BCUT2D eigenvalue weighted by atomic mass is 16.5. The van der Waals surface area contributed by atoms with Gasteiger partial charge in [-0.2, -0.15) is 0 Å². The standard InChI is InChI=1S/C22H22O3/c1-15-11-12-17(20(13-15)25-2)14-18-9-6-10-19(22(18)24)21(23)16-7-4-3-5-8-16/h3-5,7-8,11-14,24H,6,9-10H2,1-2H3/b18-14+. The Morgan fingerprint density at radius 2 is 1.88 bits per heavy atom. The van der Waals surface area contributed by atoms with E-state index in [2.05, 4.69) is 0 Å². The van der Waals surface area contributed by atoms with Crippen molar-refractivity contribution in [1.82, 2.24) is 0 Å². The van der Waals surface area contributed by atoms with E-state index in [0.29, 0.717) is 17.6 Å². The van der Waals surface area contributed by atoms with E-state index in [9.17, 15) is 9.90 Å². The minimum Gasteiger partial charge on any atom is -0.507 e. The lowest BCUT2D eigenvalue weighted by Crippen LogP contribution is -2.12. The summed E-state index contributed by atoms with van der Waals surface area (Å²) < 4.78 is 5.44. The number of aliphatic hydroxyl groups is 1. The van der Waals surface area contributed by atoms with Crippen LogP contribution in [0.3, 0.4) is 0 Å². The first-order valence-corrected chi connectivity index (χ1v) is 8.47. The minimum atomic E-state index is -0.0976. The molecule has 0 fully saturated rings. The number of carbonyl (C=O) groups is 1. The lowest BCUT2D eigenvalue weighted by atomic mass is 9.87. The van der Waals surface area contributed by atoms with Crippen LogP contribution in [-0.4, -0.2) is 18.0 Å². The summed E-state index contributed by atoms with van der Waals surface area (Å²) in [6, 6.07) is 15.1. The lowest BCUT2D eigenvalue weighted by molar-refractivity contribution is 0.102. The van der Waals surface area contributed by atoms with Crippen molar-refractivity contribution in [3.8, 4) is 5.75 Å². The summed E-state index contributed by atoms with van der Waals surface area (Å²) in [6.07, 6.45) is 4.11. The Kier molecular flexibility index (Phi) is 5.03. The maximum absolute atomic E-state index is 12.7. The first kappa shape index (κ1) is 17.0. The molecule has 3 rings (SSSR count). The number of rotatable bonds is 4. The fourth-order valence-corrected chi connectivity index (χ4v) is 3.14. The lowest BCUT2D eigenvalue weighted by Gasteiger charge is -2.19. The van der Waals surface area contributed by atoms with Crippen molar-refractivity contribution in [1.29, 1.82) is 0 Å². The quantitative estimate of drug-likeness (QED) is 0.775. The van der Waals surface area contributed by atoms with Crippen LogP contribution in [0.2, 0.25) is 0 Å². The summed E-state index contributed by atoms with van der Waals surface area (Å²) in [4.78, 5) is 12.7. The molecule has 0 saturated carbocycles. The molecule has 25 heavy (non-hydrogen) atoms. The number of ketones is 1. The van der Waals surface area contributed by atoms with Crippen LogP contribution in [-0.2, 0) is 0 Å². The zero-order valence-electron chi connectivity index (χ0n) is 14.6. The molecule has 0 heterocycles. The van der Waals surface area contributed by atoms with E-state index < -0.39 is 0 Å². The molecule has 128 valence electrons. The summed E-state index contributed by atoms with van der Waals surface area (Å²) in [5.41, 5.74) is 3.91. The second-order valence-electron chi connectivity index (χ2n) is 6.29. The van der Waals surface area contributed by atoms with Gasteiger partial charge in [-0.1, -0.05) is 42.5 Å². The van der Waals surface area contributed by atoms with Crippen molar-refractivity contribution >= 4 is 11.9 Å². The average Bonchev–Trinajstić information content (AvgIpc) is 2.65. The van der Waals surface area contributed by atoms with Crippen molar-refractivity contribution < 1.29 is 14.6 Å². The van der Waals surface area contributed by atoms with Crippen LogP contribution < -0.4 is 4.74 Å². The van der Waals surface area contributed by atoms with Gasteiger partial charge in [0.15, 0.2) is 5.78 Å². The van der Waals surface area contributed by atoms with E-state index in [-0.39, 0.29) is 11.5 Å². The molecule has 0 amide bonds. The Morgan fingerprint density at radius 3 is 2.60 bits per heavy atom. The summed E-state index contributed by atoms with van der Waals surface area (Å²) >= 11 is 0. The highest BCUT2D eigenvalue weighted by Gasteiger charge is 2.23. The van der Waals surface area contributed by atoms with Crippen LogP contribution in [0.1, 0.15) is 40.7 Å². The molecule has 0 radical (unpaired) electrons. The molecule has 0 aliphatic heterocycles. The van der Waals surface area contributed by atoms with Crippen molar-refractivity contribution in [2.45, 2.75) is 26.2 Å². The predicted octanol–water partition coefficient (Wildman–Crippen LogP) is 5.27. The number of aliphatic hydroxyl groups excluding tert-OH is 1.